The number of carbonyl (C=O) groups is 1. The van der Waals surface area contributed by atoms with Gasteiger partial charge in [-0.2, -0.15) is 0 Å². The van der Waals surface area contributed by atoms with Gasteiger partial charge >= 0.3 is 0 Å². The maximum Gasteiger partial charge on any atom is 0.180 e. The molecule has 0 N–H and O–H groups in total. The molecule has 40 heavy (non-hydrogen) atoms. The quantitative estimate of drug-likeness (QED) is 0.228. The fourth-order valence-electron chi connectivity index (χ4n) is 5.13. The summed E-state index contributed by atoms with van der Waals surface area (Å²) in [4.78, 5) is 21.8. The summed E-state index contributed by atoms with van der Waals surface area (Å²) < 4.78 is 21.4. The van der Waals surface area contributed by atoms with Crippen LogP contribution >= 0.6 is 38.9 Å². The molecule has 2 aliphatic heterocycles. The van der Waals surface area contributed by atoms with Gasteiger partial charge in [0, 0.05) is 41.5 Å². The molecule has 0 bridgehead atoms. The van der Waals surface area contributed by atoms with E-state index >= 15 is 0 Å². The number of halogens is 3. The number of thiazole rings is 1. The lowest BCUT2D eigenvalue weighted by Crippen LogP contribution is -2.23. The van der Waals surface area contributed by atoms with E-state index in [2.05, 4.69) is 50.1 Å². The summed E-state index contributed by atoms with van der Waals surface area (Å²) in [7, 11) is 1.66. The number of carbonyl (C=O) groups excluding carboxylic acids is 1. The van der Waals surface area contributed by atoms with Crippen molar-refractivity contribution in [2.45, 2.75) is 19.1 Å². The molecule has 4 aromatic rings. The van der Waals surface area contributed by atoms with Crippen molar-refractivity contribution in [3.05, 3.63) is 127 Å². The molecule has 1 aromatic heterocycles. The maximum absolute atomic E-state index is 14.2. The van der Waals surface area contributed by atoms with Crippen LogP contribution in [0, 0.1) is 5.82 Å². The van der Waals surface area contributed by atoms with Crippen LogP contribution in [0.15, 0.2) is 99.1 Å². The highest BCUT2D eigenvalue weighted by molar-refractivity contribution is 9.11. The standard InChI is InChI=1S/C23H17BrClFN2OS.C8H5NO/c1-29-16-6-2-13(3-7-16)11-28-12-14-4-9-19-21(27-23(24)30-19)20(14)22(28)17-10-15(26)5-8-18(17)25;10-7-2-1-6-3-4-9-8(6)5-7/h2-10,22H,11-12H2,1H3;1-5H. The lowest BCUT2D eigenvalue weighted by Gasteiger charge is -2.26. The van der Waals surface area contributed by atoms with E-state index in [4.69, 9.17) is 21.3 Å². The van der Waals surface area contributed by atoms with Gasteiger partial charge in [-0.25, -0.2) is 9.37 Å². The van der Waals surface area contributed by atoms with E-state index in [1.165, 1.54) is 17.7 Å². The minimum absolute atomic E-state index is 0.0196. The number of allylic oxidation sites excluding steroid dienone is 4. The highest BCUT2D eigenvalue weighted by Gasteiger charge is 2.35. The van der Waals surface area contributed by atoms with Crippen molar-refractivity contribution in [3.63, 3.8) is 0 Å². The van der Waals surface area contributed by atoms with Gasteiger partial charge in [-0.3, -0.25) is 14.7 Å². The number of rotatable bonds is 4. The Balaban J connectivity index is 0.000000242. The van der Waals surface area contributed by atoms with Gasteiger partial charge in [-0.15, -0.1) is 11.3 Å². The maximum atomic E-state index is 14.2. The van der Waals surface area contributed by atoms with Crippen LogP contribution in [-0.4, -0.2) is 29.0 Å². The Kier molecular flexibility index (Phi) is 7.51. The molecule has 0 spiro atoms. The van der Waals surface area contributed by atoms with E-state index in [1.807, 2.05) is 18.2 Å². The van der Waals surface area contributed by atoms with Gasteiger partial charge in [0.2, 0.25) is 0 Å². The zero-order valence-electron chi connectivity index (χ0n) is 21.3. The third kappa shape index (κ3) is 5.32. The van der Waals surface area contributed by atoms with E-state index in [9.17, 15) is 9.18 Å². The molecule has 3 aliphatic rings. The van der Waals surface area contributed by atoms with E-state index < -0.39 is 0 Å². The van der Waals surface area contributed by atoms with Gasteiger partial charge < -0.3 is 4.74 Å². The van der Waals surface area contributed by atoms with Crippen LogP contribution in [0.5, 0.6) is 5.75 Å². The summed E-state index contributed by atoms with van der Waals surface area (Å²) in [5.41, 5.74) is 6.98. The molecular formula is C31H22BrClFN3O2S. The molecule has 1 atom stereocenters. The van der Waals surface area contributed by atoms with Crippen LogP contribution < -0.4 is 4.74 Å². The van der Waals surface area contributed by atoms with Gasteiger partial charge in [0.05, 0.1) is 29.1 Å². The number of nitrogens with zero attached hydrogens (tertiary/aromatic N) is 3. The SMILES string of the molecule is COc1ccc(CN2Cc3ccc4sc(Br)nc4c3C2c2cc(F)ccc2Cl)cc1.O=C1C=CC2=CC=NC2=C1. The third-order valence-electron chi connectivity index (χ3n) is 6.94. The number of ether oxygens (including phenoxy) is 1. The Morgan fingerprint density at radius 3 is 2.77 bits per heavy atom. The van der Waals surface area contributed by atoms with Gasteiger partial charge in [-0.05, 0) is 87.2 Å². The molecule has 3 heterocycles. The van der Waals surface area contributed by atoms with Crippen molar-refractivity contribution in [2.24, 2.45) is 4.99 Å². The first kappa shape index (κ1) is 26.8. The van der Waals surface area contributed by atoms with Crippen LogP contribution in [0.2, 0.25) is 5.02 Å². The summed E-state index contributed by atoms with van der Waals surface area (Å²) >= 11 is 11.7. The molecule has 200 valence electrons. The monoisotopic (exact) mass is 633 g/mol. The van der Waals surface area contributed by atoms with Crippen LogP contribution in [0.25, 0.3) is 10.2 Å². The summed E-state index contributed by atoms with van der Waals surface area (Å²) in [6, 6.07) is 16.7. The first-order chi connectivity index (χ1) is 19.4. The topological polar surface area (TPSA) is 54.8 Å². The Hall–Kier alpha value is -3.43. The number of fused-ring (bicyclic) bond motifs is 4. The Labute approximate surface area is 248 Å². The van der Waals surface area contributed by atoms with Crippen LogP contribution in [-0.2, 0) is 17.9 Å². The number of hydrogen-bond acceptors (Lipinski definition) is 6. The zero-order valence-corrected chi connectivity index (χ0v) is 24.4. The first-order valence-corrected chi connectivity index (χ1v) is 14.5. The molecule has 0 saturated carbocycles. The second-order valence-corrected chi connectivity index (χ2v) is 12.2. The van der Waals surface area contributed by atoms with Gasteiger partial charge in [0.15, 0.2) is 9.70 Å². The fourth-order valence-corrected chi connectivity index (χ4v) is 6.76. The van der Waals surface area contributed by atoms with Crippen LogP contribution in [0.1, 0.15) is 28.3 Å². The zero-order chi connectivity index (χ0) is 27.8. The number of aliphatic imine (C=N–C) groups is 1. The highest BCUT2D eigenvalue weighted by Crippen LogP contribution is 2.46. The predicted molar refractivity (Wildman–Crippen MR) is 162 cm³/mol. The summed E-state index contributed by atoms with van der Waals surface area (Å²) in [6.45, 7) is 1.44. The van der Waals surface area contributed by atoms with Crippen LogP contribution in [0.3, 0.4) is 0 Å². The van der Waals surface area contributed by atoms with Crippen molar-refractivity contribution in [1.82, 2.24) is 9.88 Å². The van der Waals surface area contributed by atoms with Crippen molar-refractivity contribution in [2.75, 3.05) is 7.11 Å². The Morgan fingerprint density at radius 2 is 1.98 bits per heavy atom. The summed E-state index contributed by atoms with van der Waals surface area (Å²) in [6.07, 6.45) is 8.45. The lowest BCUT2D eigenvalue weighted by molar-refractivity contribution is -0.110. The van der Waals surface area contributed by atoms with Crippen molar-refractivity contribution in [3.8, 4) is 5.75 Å². The predicted octanol–water partition coefficient (Wildman–Crippen LogP) is 7.99. The van der Waals surface area contributed by atoms with E-state index in [0.717, 1.165) is 54.4 Å². The molecule has 7 rings (SSSR count). The number of aromatic nitrogens is 1. The van der Waals surface area contributed by atoms with Gasteiger partial charge in [0.25, 0.3) is 0 Å². The smallest absolute Gasteiger partial charge is 0.180 e. The Bertz CT molecular complexity index is 1760. The van der Waals surface area contributed by atoms with Crippen molar-refractivity contribution >= 4 is 61.1 Å². The largest absolute Gasteiger partial charge is 0.497 e. The second kappa shape index (κ2) is 11.2. The highest BCUT2D eigenvalue weighted by atomic mass is 79.9. The molecule has 1 unspecified atom stereocenters. The minimum Gasteiger partial charge on any atom is -0.497 e. The van der Waals surface area contributed by atoms with E-state index in [1.54, 1.807) is 48.9 Å². The summed E-state index contributed by atoms with van der Waals surface area (Å²) in [5, 5.41) is 0.556. The van der Waals surface area contributed by atoms with Gasteiger partial charge in [0.1, 0.15) is 11.6 Å². The number of ketones is 1. The fraction of sp³-hybridized carbons (Fsp3) is 0.129. The molecule has 9 heteroatoms. The third-order valence-corrected chi connectivity index (χ3v) is 8.76. The Morgan fingerprint density at radius 1 is 1.15 bits per heavy atom. The number of methoxy groups -OCH3 is 1. The second-order valence-electron chi connectivity index (χ2n) is 9.44. The molecule has 0 fully saturated rings. The van der Waals surface area contributed by atoms with Gasteiger partial charge in [-0.1, -0.05) is 29.8 Å². The minimum atomic E-state index is -0.293. The molecule has 0 amide bonds. The van der Waals surface area contributed by atoms with E-state index in [-0.39, 0.29) is 17.6 Å². The average molecular weight is 635 g/mol. The molecule has 3 aromatic carbocycles. The van der Waals surface area contributed by atoms with E-state index in [0.29, 0.717) is 11.6 Å². The number of benzene rings is 3. The molecular weight excluding hydrogens is 613 g/mol. The number of hydrogen-bond donors (Lipinski definition) is 0. The molecule has 0 saturated heterocycles. The van der Waals surface area contributed by atoms with Crippen molar-refractivity contribution in [1.29, 1.82) is 0 Å². The average Bonchev–Trinajstić information content (AvgIpc) is 3.66. The normalized spacial score (nSPS) is 17.3. The first-order valence-electron chi connectivity index (χ1n) is 12.5. The van der Waals surface area contributed by atoms with Crippen LogP contribution in [0.4, 0.5) is 4.39 Å². The molecule has 5 nitrogen and oxygen atoms in total. The summed E-state index contributed by atoms with van der Waals surface area (Å²) in [5.74, 6) is 0.548. The lowest BCUT2D eigenvalue weighted by atomic mass is 9.96. The van der Waals surface area contributed by atoms with Crippen molar-refractivity contribution < 1.29 is 13.9 Å². The molecule has 0 radical (unpaired) electrons. The molecule has 1 aliphatic carbocycles.